The van der Waals surface area contributed by atoms with Crippen LogP contribution in [0.4, 0.5) is 11.4 Å². The third-order valence-electron chi connectivity index (χ3n) is 5.35. The van der Waals surface area contributed by atoms with Gasteiger partial charge in [-0.05, 0) is 73.3 Å². The molecule has 0 aromatic heterocycles. The first-order valence-corrected chi connectivity index (χ1v) is 12.9. The number of allylic oxidation sites excluding steroid dienone is 1. The number of thioether (sulfide) groups is 1. The molecule has 0 fully saturated rings. The first kappa shape index (κ1) is 23.7. The van der Waals surface area contributed by atoms with E-state index in [2.05, 4.69) is 15.9 Å². The molecule has 1 spiro atoms. The largest absolute Gasteiger partial charge is 0.461 e. The zero-order valence-electron chi connectivity index (χ0n) is 18.6. The van der Waals surface area contributed by atoms with Gasteiger partial charge >= 0.3 is 5.97 Å². The molecule has 0 aliphatic carbocycles. The van der Waals surface area contributed by atoms with Crippen molar-refractivity contribution < 1.29 is 9.53 Å². The van der Waals surface area contributed by atoms with Gasteiger partial charge in [-0.15, -0.1) is 0 Å². The molecule has 2 aliphatic rings. The summed E-state index contributed by atoms with van der Waals surface area (Å²) >= 11 is 11.1. The average Bonchev–Trinajstić information content (AvgIpc) is 3.25. The second kappa shape index (κ2) is 9.89. The Bertz CT molecular complexity index is 1350. The molecule has 2 aliphatic heterocycles. The highest BCUT2D eigenvalue weighted by atomic mass is 79.9. The average molecular weight is 568 g/mol. The van der Waals surface area contributed by atoms with Gasteiger partial charge in [0, 0.05) is 15.1 Å². The van der Waals surface area contributed by atoms with Crippen LogP contribution < -0.4 is 10.0 Å². The highest BCUT2D eigenvalue weighted by Crippen LogP contribution is 2.48. The normalized spacial score (nSPS) is 19.1. The number of rotatable bonds is 5. The number of halogens is 2. The van der Waals surface area contributed by atoms with Crippen molar-refractivity contribution in [1.82, 2.24) is 0 Å². The van der Waals surface area contributed by atoms with Crippen molar-refractivity contribution in [1.29, 1.82) is 0 Å². The molecule has 0 amide bonds. The van der Waals surface area contributed by atoms with Gasteiger partial charge in [-0.2, -0.15) is 10.2 Å². The molecule has 35 heavy (non-hydrogen) atoms. The van der Waals surface area contributed by atoms with Crippen molar-refractivity contribution in [2.75, 3.05) is 16.6 Å². The zero-order valence-corrected chi connectivity index (χ0v) is 21.8. The smallest absolute Gasteiger partial charge is 0.365 e. The Kier molecular flexibility index (Phi) is 6.69. The van der Waals surface area contributed by atoms with E-state index in [1.165, 1.54) is 11.8 Å². The Balaban J connectivity index is 1.66. The summed E-state index contributed by atoms with van der Waals surface area (Å²) < 4.78 is 6.27. The van der Waals surface area contributed by atoms with Crippen LogP contribution in [0, 0.1) is 0 Å². The first-order chi connectivity index (χ1) is 17.0. The topological polar surface area (TPSA) is 57.5 Å². The molecule has 0 saturated carbocycles. The maximum Gasteiger partial charge on any atom is 0.365 e. The molecule has 9 heteroatoms. The molecule has 0 saturated heterocycles. The van der Waals surface area contributed by atoms with E-state index in [0.29, 0.717) is 5.02 Å². The number of hydrazone groups is 2. The van der Waals surface area contributed by atoms with E-state index in [9.17, 15) is 4.79 Å². The Labute approximate surface area is 221 Å². The number of hydrogen-bond acceptors (Lipinski definition) is 7. The summed E-state index contributed by atoms with van der Waals surface area (Å²) in [5.41, 5.74) is 3.30. The highest BCUT2D eigenvalue weighted by molar-refractivity contribution is 9.10. The van der Waals surface area contributed by atoms with E-state index < -0.39 is 11.0 Å². The Morgan fingerprint density at radius 3 is 2.43 bits per heavy atom. The molecule has 0 unspecified atom stereocenters. The number of hydrogen-bond donors (Lipinski definition) is 0. The van der Waals surface area contributed by atoms with Crippen LogP contribution in [0.3, 0.4) is 0 Å². The molecular formula is C26H20BrClN4O2S. The number of ether oxygens (including phenoxy) is 1. The van der Waals surface area contributed by atoms with Crippen molar-refractivity contribution in [3.63, 3.8) is 0 Å². The van der Waals surface area contributed by atoms with Gasteiger partial charge < -0.3 is 4.74 Å². The van der Waals surface area contributed by atoms with Crippen LogP contribution in [0.1, 0.15) is 12.5 Å². The number of nitrogens with zero attached hydrogens (tertiary/aromatic N) is 4. The lowest BCUT2D eigenvalue weighted by Gasteiger charge is -2.43. The molecular weight excluding hydrogens is 548 g/mol. The predicted molar refractivity (Wildman–Crippen MR) is 147 cm³/mol. The first-order valence-electron chi connectivity index (χ1n) is 10.9. The highest BCUT2D eigenvalue weighted by Gasteiger charge is 2.51. The summed E-state index contributed by atoms with van der Waals surface area (Å²) in [5, 5.41) is 14.2. The molecule has 1 atom stereocenters. The number of carbonyl (C=O) groups excluding carboxylic acids is 1. The van der Waals surface area contributed by atoms with Gasteiger partial charge in [0.05, 0.1) is 23.7 Å². The van der Waals surface area contributed by atoms with Gasteiger partial charge in [-0.3, -0.25) is 0 Å². The van der Waals surface area contributed by atoms with Gasteiger partial charge in [0.15, 0.2) is 0 Å². The Hall–Kier alpha value is -3.07. The third-order valence-corrected chi connectivity index (χ3v) is 7.34. The number of benzene rings is 3. The van der Waals surface area contributed by atoms with Gasteiger partial charge in [0.2, 0.25) is 10.0 Å². The second-order valence-corrected chi connectivity index (χ2v) is 10.2. The van der Waals surface area contributed by atoms with Crippen molar-refractivity contribution in [2.45, 2.75) is 11.9 Å². The number of carbonyl (C=O) groups is 1. The van der Waals surface area contributed by atoms with Gasteiger partial charge in [-0.25, -0.2) is 14.8 Å². The molecule has 5 rings (SSSR count). The summed E-state index contributed by atoms with van der Waals surface area (Å²) in [5.74, 6) is -0.481. The molecule has 2 heterocycles. The molecule has 0 bridgehead atoms. The maximum absolute atomic E-state index is 12.8. The van der Waals surface area contributed by atoms with E-state index in [0.717, 1.165) is 27.1 Å². The lowest BCUT2D eigenvalue weighted by molar-refractivity contribution is -0.134. The van der Waals surface area contributed by atoms with Crippen molar-refractivity contribution in [3.8, 4) is 0 Å². The van der Waals surface area contributed by atoms with E-state index >= 15 is 0 Å². The monoisotopic (exact) mass is 566 g/mol. The van der Waals surface area contributed by atoms with Crippen LogP contribution in [0.2, 0.25) is 5.02 Å². The van der Waals surface area contributed by atoms with Gasteiger partial charge in [0.25, 0.3) is 0 Å². The summed E-state index contributed by atoms with van der Waals surface area (Å²) in [6.07, 6.45) is 3.96. The minimum atomic E-state index is -0.993. The SMILES string of the molecule is CCOC(=O)C1=NN(c2cccc(Cl)c2)[C@]2(C=CC(c3ccc(Br)cc3)=NN2c2ccccc2)S1. The van der Waals surface area contributed by atoms with Gasteiger partial charge in [0.1, 0.15) is 0 Å². The molecule has 0 radical (unpaired) electrons. The maximum atomic E-state index is 12.8. The lowest BCUT2D eigenvalue weighted by atomic mass is 10.1. The lowest BCUT2D eigenvalue weighted by Crippen LogP contribution is -2.53. The van der Waals surface area contributed by atoms with E-state index in [4.69, 9.17) is 26.5 Å². The van der Waals surface area contributed by atoms with Crippen molar-refractivity contribution >= 4 is 67.4 Å². The summed E-state index contributed by atoms with van der Waals surface area (Å²) in [7, 11) is 0. The van der Waals surface area contributed by atoms with E-state index in [-0.39, 0.29) is 11.7 Å². The number of para-hydroxylation sites is 1. The van der Waals surface area contributed by atoms with E-state index in [1.54, 1.807) is 18.0 Å². The quantitative estimate of drug-likeness (QED) is 0.323. The van der Waals surface area contributed by atoms with Crippen LogP contribution in [0.15, 0.2) is 106 Å². The van der Waals surface area contributed by atoms with Crippen LogP contribution in [0.5, 0.6) is 0 Å². The number of esters is 1. The van der Waals surface area contributed by atoms with E-state index in [1.807, 2.05) is 90.0 Å². The number of anilines is 2. The van der Waals surface area contributed by atoms with Crippen LogP contribution in [-0.4, -0.2) is 28.3 Å². The predicted octanol–water partition coefficient (Wildman–Crippen LogP) is 6.67. The van der Waals surface area contributed by atoms with Crippen molar-refractivity contribution in [3.05, 3.63) is 106 Å². The summed E-state index contributed by atoms with van der Waals surface area (Å²) in [6, 6.07) is 25.1. The third kappa shape index (κ3) is 4.61. The molecule has 0 N–H and O–H groups in total. The molecule has 6 nitrogen and oxygen atoms in total. The minimum Gasteiger partial charge on any atom is -0.461 e. The second-order valence-electron chi connectivity index (χ2n) is 7.65. The zero-order chi connectivity index (χ0) is 24.4. The standard InChI is InChI=1S/C26H20BrClN4O2S/c1-2-34-25(33)24-30-32(22-10-6-7-20(28)17-22)26(35-24)16-15-23(18-11-13-19(27)14-12-18)29-31(26)21-8-4-3-5-9-21/h3-17H,2H2,1H3/t26-/m1/s1. The fourth-order valence-electron chi connectivity index (χ4n) is 3.79. The summed E-state index contributed by atoms with van der Waals surface area (Å²) in [6.45, 7) is 2.03. The minimum absolute atomic E-state index is 0.236. The van der Waals surface area contributed by atoms with Crippen LogP contribution >= 0.6 is 39.3 Å². The molecule has 176 valence electrons. The fourth-order valence-corrected chi connectivity index (χ4v) is 5.39. The van der Waals surface area contributed by atoms with Crippen molar-refractivity contribution in [2.24, 2.45) is 10.2 Å². The molecule has 3 aromatic carbocycles. The fraction of sp³-hybridized carbons (Fsp3) is 0.115. The summed E-state index contributed by atoms with van der Waals surface area (Å²) in [4.78, 5) is 11.8. The van der Waals surface area contributed by atoms with Crippen LogP contribution in [-0.2, 0) is 9.53 Å². The van der Waals surface area contributed by atoms with Gasteiger partial charge in [-0.1, -0.05) is 63.9 Å². The van der Waals surface area contributed by atoms with Crippen LogP contribution in [0.25, 0.3) is 0 Å². The molecule has 3 aromatic rings. The Morgan fingerprint density at radius 1 is 1.00 bits per heavy atom. The Morgan fingerprint density at radius 2 is 1.71 bits per heavy atom.